The van der Waals surface area contributed by atoms with Gasteiger partial charge in [0.2, 0.25) is 0 Å². The summed E-state index contributed by atoms with van der Waals surface area (Å²) in [4.78, 5) is 18.3. The van der Waals surface area contributed by atoms with Crippen molar-refractivity contribution in [3.63, 3.8) is 0 Å². The highest BCUT2D eigenvalue weighted by Gasteiger charge is 2.45. The zero-order chi connectivity index (χ0) is 15.7. The lowest BCUT2D eigenvalue weighted by molar-refractivity contribution is -0.00707. The fourth-order valence-electron chi connectivity index (χ4n) is 3.45. The summed E-state index contributed by atoms with van der Waals surface area (Å²) in [6, 6.07) is 4.23. The van der Waals surface area contributed by atoms with Gasteiger partial charge in [-0.3, -0.25) is 4.98 Å². The van der Waals surface area contributed by atoms with Crippen LogP contribution in [0.5, 0.6) is 5.75 Å². The second-order valence-corrected chi connectivity index (χ2v) is 7.17. The third-order valence-corrected chi connectivity index (χ3v) is 4.25. The molecule has 2 atom stereocenters. The maximum atomic E-state index is 12.4. The largest absolute Gasteiger partial charge is 0.490 e. The van der Waals surface area contributed by atoms with Crippen LogP contribution in [0.3, 0.4) is 0 Å². The smallest absolute Gasteiger partial charge is 0.410 e. The number of carbonyl (C=O) groups excluding carboxylic acids is 1. The molecule has 2 unspecified atom stereocenters. The van der Waals surface area contributed by atoms with Gasteiger partial charge in [0.1, 0.15) is 17.5 Å². The fourth-order valence-corrected chi connectivity index (χ4v) is 3.45. The Morgan fingerprint density at radius 3 is 2.32 bits per heavy atom. The molecule has 3 heterocycles. The predicted molar refractivity (Wildman–Crippen MR) is 82.8 cm³/mol. The van der Waals surface area contributed by atoms with Gasteiger partial charge in [0.15, 0.2) is 0 Å². The minimum atomic E-state index is -0.444. The summed E-state index contributed by atoms with van der Waals surface area (Å²) in [5.74, 6) is 0.852. The Balaban J connectivity index is 1.63. The van der Waals surface area contributed by atoms with Crippen LogP contribution in [-0.4, -0.2) is 39.8 Å². The van der Waals surface area contributed by atoms with Gasteiger partial charge < -0.3 is 14.4 Å². The molecule has 2 aliphatic rings. The molecule has 0 saturated carbocycles. The van der Waals surface area contributed by atoms with E-state index in [2.05, 4.69) is 4.98 Å². The van der Waals surface area contributed by atoms with E-state index in [-0.39, 0.29) is 24.3 Å². The minimum Gasteiger partial charge on any atom is -0.490 e. The van der Waals surface area contributed by atoms with E-state index in [1.54, 1.807) is 12.4 Å². The molecule has 0 spiro atoms. The Morgan fingerprint density at radius 1 is 1.18 bits per heavy atom. The SMILES string of the molecule is CC(C)(C)OC(=O)N1C2CCC1CC(Oc1ccncc1)C2. The molecule has 0 radical (unpaired) electrons. The Kier molecular flexibility index (Phi) is 3.98. The predicted octanol–water partition coefficient (Wildman–Crippen LogP) is 3.39. The molecule has 3 rings (SSSR count). The highest BCUT2D eigenvalue weighted by molar-refractivity contribution is 5.69. The Bertz CT molecular complexity index is 512. The maximum absolute atomic E-state index is 12.4. The monoisotopic (exact) mass is 304 g/mol. The number of rotatable bonds is 2. The molecule has 0 N–H and O–H groups in total. The number of nitrogens with zero attached hydrogens (tertiary/aromatic N) is 2. The van der Waals surface area contributed by atoms with E-state index < -0.39 is 5.60 Å². The van der Waals surface area contributed by atoms with E-state index in [0.29, 0.717) is 0 Å². The van der Waals surface area contributed by atoms with Crippen molar-refractivity contribution in [3.05, 3.63) is 24.5 Å². The maximum Gasteiger partial charge on any atom is 0.410 e. The molecule has 1 aromatic heterocycles. The first-order chi connectivity index (χ1) is 10.4. The lowest BCUT2D eigenvalue weighted by atomic mass is 10.00. The first kappa shape index (κ1) is 15.1. The van der Waals surface area contributed by atoms with E-state index >= 15 is 0 Å². The lowest BCUT2D eigenvalue weighted by Gasteiger charge is -2.39. The Hall–Kier alpha value is -1.78. The normalized spacial score (nSPS) is 27.6. The van der Waals surface area contributed by atoms with Gasteiger partial charge in [0.25, 0.3) is 0 Å². The molecular weight excluding hydrogens is 280 g/mol. The number of carbonyl (C=O) groups is 1. The van der Waals surface area contributed by atoms with Crippen molar-refractivity contribution in [3.8, 4) is 5.75 Å². The highest BCUT2D eigenvalue weighted by atomic mass is 16.6. The van der Waals surface area contributed by atoms with Crippen LogP contribution in [0.2, 0.25) is 0 Å². The van der Waals surface area contributed by atoms with E-state index in [9.17, 15) is 4.79 Å². The summed E-state index contributed by atoms with van der Waals surface area (Å²) < 4.78 is 11.6. The average molecular weight is 304 g/mol. The molecule has 2 bridgehead atoms. The molecule has 5 nitrogen and oxygen atoms in total. The molecule has 5 heteroatoms. The van der Waals surface area contributed by atoms with Gasteiger partial charge in [0.05, 0.1) is 0 Å². The van der Waals surface area contributed by atoms with E-state index in [4.69, 9.17) is 9.47 Å². The number of aromatic nitrogens is 1. The zero-order valence-corrected chi connectivity index (χ0v) is 13.5. The number of piperidine rings is 1. The highest BCUT2D eigenvalue weighted by Crippen LogP contribution is 2.38. The van der Waals surface area contributed by atoms with Crippen LogP contribution in [-0.2, 0) is 4.74 Å². The summed E-state index contributed by atoms with van der Waals surface area (Å²) in [5, 5.41) is 0. The average Bonchev–Trinajstić information content (AvgIpc) is 2.70. The van der Waals surface area contributed by atoms with Gasteiger partial charge >= 0.3 is 6.09 Å². The standard InChI is InChI=1S/C17H24N2O3/c1-17(2,3)22-16(20)19-12-4-5-13(19)11-15(10-12)21-14-6-8-18-9-7-14/h6-9,12-13,15H,4-5,10-11H2,1-3H3. The quantitative estimate of drug-likeness (QED) is 0.840. The van der Waals surface area contributed by atoms with Crippen LogP contribution in [0.25, 0.3) is 0 Å². The summed E-state index contributed by atoms with van der Waals surface area (Å²) in [7, 11) is 0. The van der Waals surface area contributed by atoms with E-state index in [0.717, 1.165) is 31.4 Å². The van der Waals surface area contributed by atoms with Gasteiger partial charge in [-0.15, -0.1) is 0 Å². The molecule has 120 valence electrons. The summed E-state index contributed by atoms with van der Waals surface area (Å²) in [5.41, 5.74) is -0.444. The second-order valence-electron chi connectivity index (χ2n) is 7.17. The van der Waals surface area contributed by atoms with Crippen LogP contribution >= 0.6 is 0 Å². The third-order valence-electron chi connectivity index (χ3n) is 4.25. The van der Waals surface area contributed by atoms with Crippen molar-refractivity contribution in [1.29, 1.82) is 0 Å². The molecule has 22 heavy (non-hydrogen) atoms. The minimum absolute atomic E-state index is 0.165. The van der Waals surface area contributed by atoms with Crippen molar-refractivity contribution in [2.24, 2.45) is 0 Å². The topological polar surface area (TPSA) is 51.7 Å². The second kappa shape index (κ2) is 5.78. The Morgan fingerprint density at radius 2 is 1.77 bits per heavy atom. The van der Waals surface area contributed by atoms with Crippen molar-refractivity contribution in [1.82, 2.24) is 9.88 Å². The molecule has 1 amide bonds. The fraction of sp³-hybridized carbons (Fsp3) is 0.647. The number of pyridine rings is 1. The van der Waals surface area contributed by atoms with Crippen LogP contribution in [0.15, 0.2) is 24.5 Å². The molecule has 0 aromatic carbocycles. The van der Waals surface area contributed by atoms with Crippen LogP contribution < -0.4 is 4.74 Å². The molecular formula is C17H24N2O3. The number of hydrogen-bond donors (Lipinski definition) is 0. The van der Waals surface area contributed by atoms with Gasteiger partial charge in [0, 0.05) is 37.3 Å². The van der Waals surface area contributed by atoms with Crippen LogP contribution in [0.1, 0.15) is 46.5 Å². The van der Waals surface area contributed by atoms with Gasteiger partial charge in [-0.2, -0.15) is 0 Å². The van der Waals surface area contributed by atoms with E-state index in [1.165, 1.54) is 0 Å². The first-order valence-corrected chi connectivity index (χ1v) is 8.00. The molecule has 2 saturated heterocycles. The van der Waals surface area contributed by atoms with Gasteiger partial charge in [-0.05, 0) is 45.7 Å². The molecule has 2 aliphatic heterocycles. The summed E-state index contributed by atoms with van der Waals surface area (Å²) in [6.45, 7) is 5.73. The molecule has 1 aromatic rings. The van der Waals surface area contributed by atoms with Crippen molar-refractivity contribution in [2.45, 2.75) is 70.2 Å². The third kappa shape index (κ3) is 3.34. The van der Waals surface area contributed by atoms with Gasteiger partial charge in [-0.1, -0.05) is 0 Å². The van der Waals surface area contributed by atoms with Crippen molar-refractivity contribution < 1.29 is 14.3 Å². The number of hydrogen-bond acceptors (Lipinski definition) is 4. The van der Waals surface area contributed by atoms with Crippen molar-refractivity contribution in [2.75, 3.05) is 0 Å². The van der Waals surface area contributed by atoms with Crippen LogP contribution in [0.4, 0.5) is 4.79 Å². The van der Waals surface area contributed by atoms with Crippen molar-refractivity contribution >= 4 is 6.09 Å². The van der Waals surface area contributed by atoms with E-state index in [1.807, 2.05) is 37.8 Å². The Labute approximate surface area is 131 Å². The molecule has 0 aliphatic carbocycles. The molecule has 2 fully saturated rings. The first-order valence-electron chi connectivity index (χ1n) is 8.00. The number of ether oxygens (including phenoxy) is 2. The number of fused-ring (bicyclic) bond motifs is 2. The zero-order valence-electron chi connectivity index (χ0n) is 13.5. The summed E-state index contributed by atoms with van der Waals surface area (Å²) in [6.07, 6.45) is 7.29. The number of amides is 1. The van der Waals surface area contributed by atoms with Gasteiger partial charge in [-0.25, -0.2) is 4.79 Å². The lowest BCUT2D eigenvalue weighted by Crippen LogP contribution is -2.50. The summed E-state index contributed by atoms with van der Waals surface area (Å²) >= 11 is 0. The van der Waals surface area contributed by atoms with Crippen LogP contribution in [0, 0.1) is 0 Å².